The van der Waals surface area contributed by atoms with E-state index in [1.165, 1.54) is 16.7 Å². The first-order valence-electron chi connectivity index (χ1n) is 4.93. The highest BCUT2D eigenvalue weighted by Crippen LogP contribution is 2.16. The summed E-state index contributed by atoms with van der Waals surface area (Å²) in [4.78, 5) is 0. The average Bonchev–Trinajstić information content (AvgIpc) is 2.22. The zero-order valence-corrected chi connectivity index (χ0v) is 9.67. The molecule has 0 nitrogen and oxygen atoms in total. The van der Waals surface area contributed by atoms with E-state index in [1.807, 2.05) is 25.2 Å². The quantitative estimate of drug-likeness (QED) is 0.566. The molecule has 0 amide bonds. The Balaban J connectivity index is 5.03. The lowest BCUT2D eigenvalue weighted by atomic mass is 10.0. The lowest BCUT2D eigenvalue weighted by Gasteiger charge is -2.04. The van der Waals surface area contributed by atoms with Crippen molar-refractivity contribution in [2.45, 2.75) is 27.7 Å². The van der Waals surface area contributed by atoms with Crippen LogP contribution in [-0.4, -0.2) is 0 Å². The summed E-state index contributed by atoms with van der Waals surface area (Å²) in [7, 11) is 0. The molecule has 0 N–H and O–H groups in total. The van der Waals surface area contributed by atoms with Crippen molar-refractivity contribution in [3.05, 3.63) is 59.8 Å². The molecule has 0 atom stereocenters. The second-order valence-corrected chi connectivity index (χ2v) is 3.16. The van der Waals surface area contributed by atoms with Crippen LogP contribution < -0.4 is 0 Å². The highest BCUT2D eigenvalue weighted by Gasteiger charge is 1.96. The zero-order valence-electron chi connectivity index (χ0n) is 9.67. The van der Waals surface area contributed by atoms with Gasteiger partial charge in [-0.25, -0.2) is 0 Å². The maximum Gasteiger partial charge on any atom is -0.0202 e. The van der Waals surface area contributed by atoms with Gasteiger partial charge in [0.1, 0.15) is 0 Å². The Kier molecular flexibility index (Phi) is 6.47. The second-order valence-electron chi connectivity index (χ2n) is 3.16. The van der Waals surface area contributed by atoms with Crippen molar-refractivity contribution in [2.24, 2.45) is 0 Å². The van der Waals surface area contributed by atoms with Crippen LogP contribution in [0.25, 0.3) is 0 Å². The number of allylic oxidation sites excluding steroid dienone is 9. The average molecular weight is 188 g/mol. The van der Waals surface area contributed by atoms with Crippen molar-refractivity contribution < 1.29 is 0 Å². The molecule has 0 bridgehead atoms. The minimum atomic E-state index is 1.21. The smallest absolute Gasteiger partial charge is 0.0202 e. The standard InChI is InChI=1S/C14H20/c1-6-9-10-11-14(12(4)7-2)13(5)8-3/h6-11H,2H2,1,3-5H3/b9-6-,11-10-,13-8-,14-12-. The lowest BCUT2D eigenvalue weighted by molar-refractivity contribution is 1.33. The van der Waals surface area contributed by atoms with E-state index in [-0.39, 0.29) is 0 Å². The third-order valence-corrected chi connectivity index (χ3v) is 2.16. The highest BCUT2D eigenvalue weighted by molar-refractivity contribution is 5.45. The monoisotopic (exact) mass is 188 g/mol. The number of hydrogen-bond acceptors (Lipinski definition) is 0. The van der Waals surface area contributed by atoms with Crippen molar-refractivity contribution in [1.82, 2.24) is 0 Å². The Morgan fingerprint density at radius 1 is 1.07 bits per heavy atom. The molecule has 0 heterocycles. The predicted molar refractivity (Wildman–Crippen MR) is 66.3 cm³/mol. The van der Waals surface area contributed by atoms with E-state index in [4.69, 9.17) is 0 Å². The molecule has 0 aliphatic rings. The minimum absolute atomic E-state index is 1.21. The van der Waals surface area contributed by atoms with Crippen molar-refractivity contribution in [3.8, 4) is 0 Å². The van der Waals surface area contributed by atoms with Crippen LogP contribution in [0.15, 0.2) is 59.8 Å². The van der Waals surface area contributed by atoms with Crippen LogP contribution in [0.3, 0.4) is 0 Å². The lowest BCUT2D eigenvalue weighted by Crippen LogP contribution is -1.85. The van der Waals surface area contributed by atoms with Crippen LogP contribution in [0.5, 0.6) is 0 Å². The summed E-state index contributed by atoms with van der Waals surface area (Å²) < 4.78 is 0. The van der Waals surface area contributed by atoms with E-state index in [0.717, 1.165) is 0 Å². The van der Waals surface area contributed by atoms with Gasteiger partial charge in [0, 0.05) is 0 Å². The molecule has 0 aromatic rings. The first kappa shape index (κ1) is 12.7. The summed E-state index contributed by atoms with van der Waals surface area (Å²) >= 11 is 0. The summed E-state index contributed by atoms with van der Waals surface area (Å²) in [6, 6.07) is 0. The van der Waals surface area contributed by atoms with E-state index < -0.39 is 0 Å². The Labute approximate surface area is 88.0 Å². The van der Waals surface area contributed by atoms with E-state index in [9.17, 15) is 0 Å². The van der Waals surface area contributed by atoms with Crippen LogP contribution in [0, 0.1) is 0 Å². The van der Waals surface area contributed by atoms with Gasteiger partial charge in [0.25, 0.3) is 0 Å². The topological polar surface area (TPSA) is 0 Å². The van der Waals surface area contributed by atoms with Gasteiger partial charge in [0.15, 0.2) is 0 Å². The van der Waals surface area contributed by atoms with Gasteiger partial charge in [-0.2, -0.15) is 0 Å². The van der Waals surface area contributed by atoms with Gasteiger partial charge in [-0.1, -0.05) is 43.0 Å². The van der Waals surface area contributed by atoms with Gasteiger partial charge < -0.3 is 0 Å². The van der Waals surface area contributed by atoms with E-state index >= 15 is 0 Å². The van der Waals surface area contributed by atoms with Gasteiger partial charge in [0.2, 0.25) is 0 Å². The van der Waals surface area contributed by atoms with Crippen molar-refractivity contribution in [3.63, 3.8) is 0 Å². The molecular formula is C14H20. The molecule has 14 heavy (non-hydrogen) atoms. The van der Waals surface area contributed by atoms with Gasteiger partial charge in [-0.05, 0) is 44.4 Å². The predicted octanol–water partition coefficient (Wildman–Crippen LogP) is 4.59. The summed E-state index contributed by atoms with van der Waals surface area (Å²) in [5, 5.41) is 0. The van der Waals surface area contributed by atoms with Crippen LogP contribution in [0.2, 0.25) is 0 Å². The first-order chi connectivity index (χ1) is 6.67. The van der Waals surface area contributed by atoms with Gasteiger partial charge >= 0.3 is 0 Å². The highest BCUT2D eigenvalue weighted by atomic mass is 14.0. The molecule has 0 fully saturated rings. The molecule has 0 heteroatoms. The van der Waals surface area contributed by atoms with E-state index in [0.29, 0.717) is 0 Å². The van der Waals surface area contributed by atoms with Gasteiger partial charge in [-0.3, -0.25) is 0 Å². The SMILES string of the molecule is C=C/C(C)=C(/C=C\C=C/C)C(\C)=C/C. The molecule has 0 unspecified atom stereocenters. The first-order valence-corrected chi connectivity index (χ1v) is 4.93. The third kappa shape index (κ3) is 4.08. The fraction of sp³-hybridized carbons (Fsp3) is 0.286. The molecule has 0 aliphatic heterocycles. The van der Waals surface area contributed by atoms with E-state index in [1.54, 1.807) is 0 Å². The molecule has 0 radical (unpaired) electrons. The fourth-order valence-electron chi connectivity index (χ4n) is 1.10. The fourth-order valence-corrected chi connectivity index (χ4v) is 1.10. The van der Waals surface area contributed by atoms with Crippen LogP contribution in [-0.2, 0) is 0 Å². The normalized spacial score (nSPS) is 15.0. The summed E-state index contributed by atoms with van der Waals surface area (Å²) in [6.07, 6.45) is 12.2. The second kappa shape index (κ2) is 7.14. The summed E-state index contributed by atoms with van der Waals surface area (Å²) in [5.41, 5.74) is 3.74. The summed E-state index contributed by atoms with van der Waals surface area (Å²) in [5.74, 6) is 0. The van der Waals surface area contributed by atoms with Crippen molar-refractivity contribution in [2.75, 3.05) is 0 Å². The Bertz CT molecular complexity index is 296. The zero-order chi connectivity index (χ0) is 11.0. The van der Waals surface area contributed by atoms with Gasteiger partial charge in [0.05, 0.1) is 0 Å². The molecule has 0 saturated heterocycles. The Morgan fingerprint density at radius 2 is 1.71 bits per heavy atom. The van der Waals surface area contributed by atoms with Crippen LogP contribution >= 0.6 is 0 Å². The molecule has 76 valence electrons. The minimum Gasteiger partial charge on any atom is -0.0988 e. The molecule has 0 saturated carbocycles. The summed E-state index contributed by atoms with van der Waals surface area (Å²) in [6.45, 7) is 12.0. The van der Waals surface area contributed by atoms with Crippen LogP contribution in [0.1, 0.15) is 27.7 Å². The van der Waals surface area contributed by atoms with E-state index in [2.05, 4.69) is 45.6 Å². The number of hydrogen-bond donors (Lipinski definition) is 0. The maximum atomic E-state index is 3.79. The third-order valence-electron chi connectivity index (χ3n) is 2.16. The van der Waals surface area contributed by atoms with Crippen molar-refractivity contribution >= 4 is 0 Å². The molecule has 0 aliphatic carbocycles. The molecule has 0 rings (SSSR count). The Hall–Kier alpha value is -1.30. The van der Waals surface area contributed by atoms with Gasteiger partial charge in [-0.15, -0.1) is 0 Å². The Morgan fingerprint density at radius 3 is 2.14 bits per heavy atom. The van der Waals surface area contributed by atoms with Crippen LogP contribution in [0.4, 0.5) is 0 Å². The number of rotatable bonds is 4. The molecule has 0 spiro atoms. The molecule has 0 aromatic heterocycles. The largest absolute Gasteiger partial charge is 0.0988 e. The molecule has 0 aromatic carbocycles. The maximum absolute atomic E-state index is 3.79. The molecular weight excluding hydrogens is 168 g/mol. The van der Waals surface area contributed by atoms with Crippen molar-refractivity contribution in [1.29, 1.82) is 0 Å².